The van der Waals surface area contributed by atoms with Gasteiger partial charge in [0.2, 0.25) is 0 Å². The Bertz CT molecular complexity index is 324. The highest BCUT2D eigenvalue weighted by molar-refractivity contribution is 5.10. The summed E-state index contributed by atoms with van der Waals surface area (Å²) in [7, 11) is 0. The minimum absolute atomic E-state index is 1.05. The topological polar surface area (TPSA) is 21.1 Å². The summed E-state index contributed by atoms with van der Waals surface area (Å²) in [6, 6.07) is 2.25. The van der Waals surface area contributed by atoms with Gasteiger partial charge in [-0.2, -0.15) is 5.10 Å². The first-order valence-corrected chi connectivity index (χ1v) is 6.61. The summed E-state index contributed by atoms with van der Waals surface area (Å²) < 4.78 is 2.21. The lowest BCUT2D eigenvalue weighted by molar-refractivity contribution is 0.313. The van der Waals surface area contributed by atoms with Gasteiger partial charge in [-0.3, -0.25) is 4.68 Å². The van der Waals surface area contributed by atoms with E-state index in [1.807, 2.05) is 0 Å². The van der Waals surface area contributed by atoms with Gasteiger partial charge in [-0.15, -0.1) is 0 Å². The molecule has 0 N–H and O–H groups in total. The number of aryl methyl sites for hydroxylation is 2. The van der Waals surface area contributed by atoms with Crippen molar-refractivity contribution in [3.63, 3.8) is 0 Å². The van der Waals surface area contributed by atoms with Crippen molar-refractivity contribution in [1.29, 1.82) is 0 Å². The average Bonchev–Trinajstić information content (AvgIpc) is 2.95. The van der Waals surface area contributed by atoms with Crippen molar-refractivity contribution in [2.75, 3.05) is 19.6 Å². The third-order valence-electron chi connectivity index (χ3n) is 3.47. The second-order valence-electron chi connectivity index (χ2n) is 4.61. The second-order valence-corrected chi connectivity index (χ2v) is 4.61. The van der Waals surface area contributed by atoms with E-state index < -0.39 is 0 Å². The monoisotopic (exact) mass is 221 g/mol. The summed E-state index contributed by atoms with van der Waals surface area (Å²) >= 11 is 0. The maximum Gasteiger partial charge on any atom is 0.0624 e. The number of rotatable bonds is 5. The maximum absolute atomic E-state index is 4.65. The Morgan fingerprint density at radius 2 is 1.88 bits per heavy atom. The normalized spacial score (nSPS) is 17.1. The van der Waals surface area contributed by atoms with Crippen molar-refractivity contribution in [2.45, 2.75) is 46.1 Å². The Labute approximate surface area is 98.4 Å². The molecule has 0 bridgehead atoms. The number of hydrogen-bond donors (Lipinski definition) is 0. The van der Waals surface area contributed by atoms with Crippen LogP contribution in [0.2, 0.25) is 0 Å². The van der Waals surface area contributed by atoms with Crippen molar-refractivity contribution in [3.8, 4) is 0 Å². The zero-order valence-electron chi connectivity index (χ0n) is 10.6. The van der Waals surface area contributed by atoms with E-state index in [2.05, 4.69) is 34.6 Å². The van der Waals surface area contributed by atoms with Gasteiger partial charge in [0.25, 0.3) is 0 Å². The van der Waals surface area contributed by atoms with Crippen LogP contribution in [0, 0.1) is 0 Å². The van der Waals surface area contributed by atoms with Crippen LogP contribution in [-0.2, 0) is 19.4 Å². The summed E-state index contributed by atoms with van der Waals surface area (Å²) in [5.41, 5.74) is 2.62. The molecule has 1 aromatic heterocycles. The van der Waals surface area contributed by atoms with Gasteiger partial charge in [-0.05, 0) is 44.8 Å². The first kappa shape index (κ1) is 11.6. The van der Waals surface area contributed by atoms with Gasteiger partial charge in [0.05, 0.1) is 12.2 Å². The van der Waals surface area contributed by atoms with Crippen molar-refractivity contribution in [1.82, 2.24) is 14.7 Å². The van der Waals surface area contributed by atoms with Crippen LogP contribution in [-0.4, -0.2) is 34.3 Å². The van der Waals surface area contributed by atoms with Crippen LogP contribution in [0.1, 0.15) is 38.1 Å². The van der Waals surface area contributed by atoms with Crippen molar-refractivity contribution in [2.24, 2.45) is 0 Å². The fourth-order valence-corrected chi connectivity index (χ4v) is 2.41. The molecule has 0 radical (unpaired) electrons. The second kappa shape index (κ2) is 5.48. The first-order chi connectivity index (χ1) is 7.83. The molecule has 0 aliphatic carbocycles. The Balaban J connectivity index is 1.93. The molecule has 1 aliphatic rings. The lowest BCUT2D eigenvalue weighted by atomic mass is 10.2. The molecule has 1 aromatic rings. The molecule has 0 saturated carbocycles. The van der Waals surface area contributed by atoms with Gasteiger partial charge in [-0.1, -0.05) is 13.8 Å². The van der Waals surface area contributed by atoms with Crippen molar-refractivity contribution in [3.05, 3.63) is 17.5 Å². The molecule has 1 saturated heterocycles. The summed E-state index contributed by atoms with van der Waals surface area (Å²) in [4.78, 5) is 2.55. The molecule has 2 rings (SSSR count). The SMILES string of the molecule is CCc1cc(CC)n(CCN2CCCC2)n1. The predicted molar refractivity (Wildman–Crippen MR) is 66.7 cm³/mol. The largest absolute Gasteiger partial charge is 0.301 e. The molecule has 0 atom stereocenters. The van der Waals surface area contributed by atoms with E-state index in [1.165, 1.54) is 37.3 Å². The average molecular weight is 221 g/mol. The number of nitrogens with zero attached hydrogens (tertiary/aromatic N) is 3. The summed E-state index contributed by atoms with van der Waals surface area (Å²) in [5, 5.41) is 4.65. The van der Waals surface area contributed by atoms with Crippen LogP contribution in [0.15, 0.2) is 6.07 Å². The fourth-order valence-electron chi connectivity index (χ4n) is 2.41. The highest BCUT2D eigenvalue weighted by Crippen LogP contribution is 2.09. The molecule has 1 fully saturated rings. The van der Waals surface area contributed by atoms with Gasteiger partial charge in [0, 0.05) is 12.2 Å². The minimum Gasteiger partial charge on any atom is -0.301 e. The number of aromatic nitrogens is 2. The zero-order valence-corrected chi connectivity index (χ0v) is 10.6. The van der Waals surface area contributed by atoms with Crippen LogP contribution in [0.5, 0.6) is 0 Å². The third-order valence-corrected chi connectivity index (χ3v) is 3.47. The van der Waals surface area contributed by atoms with E-state index in [-0.39, 0.29) is 0 Å². The fraction of sp³-hybridized carbons (Fsp3) is 0.769. The molecule has 0 amide bonds. The zero-order chi connectivity index (χ0) is 11.4. The predicted octanol–water partition coefficient (Wildman–Crippen LogP) is 2.10. The Hall–Kier alpha value is -0.830. The van der Waals surface area contributed by atoms with Gasteiger partial charge in [0.1, 0.15) is 0 Å². The smallest absolute Gasteiger partial charge is 0.0624 e. The molecular formula is C13H23N3. The molecule has 16 heavy (non-hydrogen) atoms. The number of hydrogen-bond acceptors (Lipinski definition) is 2. The van der Waals surface area contributed by atoms with E-state index in [0.717, 1.165) is 25.9 Å². The van der Waals surface area contributed by atoms with Crippen LogP contribution in [0.25, 0.3) is 0 Å². The van der Waals surface area contributed by atoms with Crippen LogP contribution in [0.4, 0.5) is 0 Å². The van der Waals surface area contributed by atoms with E-state index in [9.17, 15) is 0 Å². The lowest BCUT2D eigenvalue weighted by Crippen LogP contribution is -2.25. The Morgan fingerprint density at radius 1 is 1.12 bits per heavy atom. The molecule has 0 unspecified atom stereocenters. The van der Waals surface area contributed by atoms with Gasteiger partial charge >= 0.3 is 0 Å². The van der Waals surface area contributed by atoms with Gasteiger partial charge in [-0.25, -0.2) is 0 Å². The Morgan fingerprint density at radius 3 is 2.50 bits per heavy atom. The lowest BCUT2D eigenvalue weighted by Gasteiger charge is -2.15. The Kier molecular flexibility index (Phi) is 3.99. The highest BCUT2D eigenvalue weighted by Gasteiger charge is 2.12. The quantitative estimate of drug-likeness (QED) is 0.759. The molecule has 2 heterocycles. The first-order valence-electron chi connectivity index (χ1n) is 6.61. The van der Waals surface area contributed by atoms with Crippen LogP contribution < -0.4 is 0 Å². The van der Waals surface area contributed by atoms with E-state index in [0.29, 0.717) is 0 Å². The van der Waals surface area contributed by atoms with E-state index in [1.54, 1.807) is 0 Å². The summed E-state index contributed by atoms with van der Waals surface area (Å²) in [6.45, 7) is 9.17. The summed E-state index contributed by atoms with van der Waals surface area (Å²) in [6.07, 6.45) is 4.89. The molecule has 0 aromatic carbocycles. The maximum atomic E-state index is 4.65. The van der Waals surface area contributed by atoms with Gasteiger partial charge in [0.15, 0.2) is 0 Å². The molecule has 1 aliphatic heterocycles. The van der Waals surface area contributed by atoms with E-state index >= 15 is 0 Å². The molecular weight excluding hydrogens is 198 g/mol. The standard InChI is InChI=1S/C13H23N3/c1-3-12-11-13(4-2)16(14-12)10-9-15-7-5-6-8-15/h11H,3-10H2,1-2H3. The van der Waals surface area contributed by atoms with Crippen LogP contribution in [0.3, 0.4) is 0 Å². The van der Waals surface area contributed by atoms with Crippen LogP contribution >= 0.6 is 0 Å². The molecule has 3 heteroatoms. The van der Waals surface area contributed by atoms with Gasteiger partial charge < -0.3 is 4.90 Å². The van der Waals surface area contributed by atoms with Crippen molar-refractivity contribution >= 4 is 0 Å². The third kappa shape index (κ3) is 2.64. The van der Waals surface area contributed by atoms with Crippen molar-refractivity contribution < 1.29 is 0 Å². The summed E-state index contributed by atoms with van der Waals surface area (Å²) in [5.74, 6) is 0. The molecule has 3 nitrogen and oxygen atoms in total. The number of likely N-dealkylation sites (tertiary alicyclic amines) is 1. The molecule has 0 spiro atoms. The van der Waals surface area contributed by atoms with E-state index in [4.69, 9.17) is 0 Å². The highest BCUT2D eigenvalue weighted by atomic mass is 15.3. The minimum atomic E-state index is 1.05. The molecule has 90 valence electrons.